The van der Waals surface area contributed by atoms with E-state index in [1.807, 2.05) is 44.7 Å². The molecule has 0 aliphatic heterocycles. The second-order valence-corrected chi connectivity index (χ2v) is 4.19. The number of rotatable bonds is 3. The van der Waals surface area contributed by atoms with E-state index in [1.165, 1.54) is 11.1 Å². The van der Waals surface area contributed by atoms with Gasteiger partial charge in [-0.15, -0.1) is 0 Å². The average Bonchev–Trinajstić information content (AvgIpc) is 2.35. The molecule has 0 amide bonds. The monoisotopic (exact) mass is 227 g/mol. The minimum atomic E-state index is 0.150. The summed E-state index contributed by atoms with van der Waals surface area (Å²) in [5, 5.41) is 3.31. The molecule has 0 spiro atoms. The number of nitrogens with zero attached hydrogens (tertiary/aromatic N) is 2. The van der Waals surface area contributed by atoms with Crippen LogP contribution in [0.2, 0.25) is 0 Å². The van der Waals surface area contributed by atoms with Gasteiger partial charge in [-0.2, -0.15) is 0 Å². The fourth-order valence-corrected chi connectivity index (χ4v) is 1.93. The lowest BCUT2D eigenvalue weighted by Gasteiger charge is -2.18. The van der Waals surface area contributed by atoms with Gasteiger partial charge >= 0.3 is 0 Å². The molecule has 0 fully saturated rings. The topological polar surface area (TPSA) is 37.8 Å². The summed E-state index contributed by atoms with van der Waals surface area (Å²) in [4.78, 5) is 8.54. The summed E-state index contributed by atoms with van der Waals surface area (Å²) in [5.74, 6) is 0. The minimum Gasteiger partial charge on any atom is -0.309 e. The Morgan fingerprint density at radius 1 is 1.12 bits per heavy atom. The summed E-state index contributed by atoms with van der Waals surface area (Å²) in [6.45, 7) is 4.09. The van der Waals surface area contributed by atoms with Crippen LogP contribution in [0.4, 0.5) is 0 Å². The van der Waals surface area contributed by atoms with Gasteiger partial charge in [0, 0.05) is 24.3 Å². The molecule has 0 saturated carbocycles. The molecule has 1 unspecified atom stereocenters. The third kappa shape index (κ3) is 2.50. The largest absolute Gasteiger partial charge is 0.309 e. The van der Waals surface area contributed by atoms with Crippen LogP contribution in [0.25, 0.3) is 0 Å². The highest BCUT2D eigenvalue weighted by Gasteiger charge is 2.14. The molecule has 0 radical (unpaired) electrons. The Bertz CT molecular complexity index is 491. The van der Waals surface area contributed by atoms with Crippen molar-refractivity contribution in [3.05, 3.63) is 59.2 Å². The highest BCUT2D eigenvalue weighted by Crippen LogP contribution is 2.23. The molecule has 1 atom stereocenters. The molecule has 2 heterocycles. The molecule has 3 nitrogen and oxygen atoms in total. The fraction of sp³-hybridized carbons (Fsp3) is 0.286. The van der Waals surface area contributed by atoms with Crippen LogP contribution in [0, 0.1) is 13.8 Å². The summed E-state index contributed by atoms with van der Waals surface area (Å²) in [5.41, 5.74) is 4.63. The van der Waals surface area contributed by atoms with Crippen LogP contribution >= 0.6 is 0 Å². The van der Waals surface area contributed by atoms with Crippen molar-refractivity contribution in [2.24, 2.45) is 0 Å². The molecule has 17 heavy (non-hydrogen) atoms. The van der Waals surface area contributed by atoms with Crippen molar-refractivity contribution in [3.63, 3.8) is 0 Å². The number of aryl methyl sites for hydroxylation is 2. The molecule has 2 rings (SSSR count). The molecule has 0 aliphatic carbocycles. The van der Waals surface area contributed by atoms with E-state index in [0.29, 0.717) is 0 Å². The SMILES string of the molecule is CNC(c1ccc(C)nc1)c1cnccc1C. The minimum absolute atomic E-state index is 0.150. The molecule has 3 heteroatoms. The molecule has 0 saturated heterocycles. The predicted molar refractivity (Wildman–Crippen MR) is 68.9 cm³/mol. The van der Waals surface area contributed by atoms with Crippen molar-refractivity contribution >= 4 is 0 Å². The highest BCUT2D eigenvalue weighted by molar-refractivity contribution is 5.33. The van der Waals surface area contributed by atoms with Crippen LogP contribution in [0.15, 0.2) is 36.8 Å². The highest BCUT2D eigenvalue weighted by atomic mass is 14.9. The van der Waals surface area contributed by atoms with Crippen LogP contribution < -0.4 is 5.32 Å². The number of aromatic nitrogens is 2. The second-order valence-electron chi connectivity index (χ2n) is 4.19. The van der Waals surface area contributed by atoms with E-state index >= 15 is 0 Å². The molecule has 2 aromatic rings. The number of hydrogen-bond acceptors (Lipinski definition) is 3. The first-order valence-electron chi connectivity index (χ1n) is 5.72. The van der Waals surface area contributed by atoms with Gasteiger partial charge in [-0.25, -0.2) is 0 Å². The maximum Gasteiger partial charge on any atom is 0.0607 e. The van der Waals surface area contributed by atoms with Gasteiger partial charge in [0.2, 0.25) is 0 Å². The van der Waals surface area contributed by atoms with Gasteiger partial charge in [0.25, 0.3) is 0 Å². The van der Waals surface area contributed by atoms with Gasteiger partial charge in [-0.1, -0.05) is 6.07 Å². The normalized spacial score (nSPS) is 12.4. The standard InChI is InChI=1S/C14H17N3/c1-10-6-7-16-9-13(10)14(15-3)12-5-4-11(2)17-8-12/h4-9,14-15H,1-3H3. The number of pyridine rings is 2. The van der Waals surface area contributed by atoms with Crippen LogP contribution in [-0.2, 0) is 0 Å². The third-order valence-electron chi connectivity index (χ3n) is 2.95. The maximum absolute atomic E-state index is 4.34. The molecular weight excluding hydrogens is 210 g/mol. The zero-order valence-corrected chi connectivity index (χ0v) is 10.4. The lowest BCUT2D eigenvalue weighted by Crippen LogP contribution is -2.19. The number of nitrogens with one attached hydrogen (secondary N) is 1. The summed E-state index contributed by atoms with van der Waals surface area (Å²) < 4.78 is 0. The van der Waals surface area contributed by atoms with E-state index in [-0.39, 0.29) is 6.04 Å². The summed E-state index contributed by atoms with van der Waals surface area (Å²) >= 11 is 0. The first kappa shape index (κ1) is 11.7. The summed E-state index contributed by atoms with van der Waals surface area (Å²) in [7, 11) is 1.96. The van der Waals surface area contributed by atoms with Crippen LogP contribution in [0.5, 0.6) is 0 Å². The lowest BCUT2D eigenvalue weighted by molar-refractivity contribution is 0.681. The lowest BCUT2D eigenvalue weighted by atomic mass is 9.98. The zero-order chi connectivity index (χ0) is 12.3. The Hall–Kier alpha value is -1.74. The Kier molecular flexibility index (Phi) is 3.49. The first-order chi connectivity index (χ1) is 8.22. The Labute approximate surface area is 102 Å². The van der Waals surface area contributed by atoms with Gasteiger partial charge in [0.15, 0.2) is 0 Å². The fourth-order valence-electron chi connectivity index (χ4n) is 1.93. The molecule has 0 aliphatic rings. The third-order valence-corrected chi connectivity index (χ3v) is 2.95. The van der Waals surface area contributed by atoms with E-state index in [4.69, 9.17) is 0 Å². The maximum atomic E-state index is 4.34. The van der Waals surface area contributed by atoms with E-state index in [9.17, 15) is 0 Å². The van der Waals surface area contributed by atoms with E-state index in [2.05, 4.69) is 28.3 Å². The van der Waals surface area contributed by atoms with Gasteiger partial charge in [0.1, 0.15) is 0 Å². The van der Waals surface area contributed by atoms with Crippen molar-refractivity contribution in [1.29, 1.82) is 0 Å². The number of hydrogen-bond donors (Lipinski definition) is 1. The van der Waals surface area contributed by atoms with Gasteiger partial charge < -0.3 is 5.32 Å². The van der Waals surface area contributed by atoms with Crippen molar-refractivity contribution in [1.82, 2.24) is 15.3 Å². The van der Waals surface area contributed by atoms with Gasteiger partial charge in [-0.05, 0) is 49.7 Å². The zero-order valence-electron chi connectivity index (χ0n) is 10.4. The Morgan fingerprint density at radius 2 is 1.94 bits per heavy atom. The van der Waals surface area contributed by atoms with Gasteiger partial charge in [-0.3, -0.25) is 9.97 Å². The molecule has 88 valence electrons. The molecular formula is C14H17N3. The second kappa shape index (κ2) is 5.06. The van der Waals surface area contributed by atoms with Crippen molar-refractivity contribution in [2.75, 3.05) is 7.05 Å². The molecule has 0 aromatic carbocycles. The van der Waals surface area contributed by atoms with E-state index < -0.39 is 0 Å². The van der Waals surface area contributed by atoms with E-state index in [1.54, 1.807) is 0 Å². The average molecular weight is 227 g/mol. The molecule has 0 bridgehead atoms. The van der Waals surface area contributed by atoms with Crippen LogP contribution in [0.3, 0.4) is 0 Å². The Morgan fingerprint density at radius 3 is 2.53 bits per heavy atom. The molecule has 1 N–H and O–H groups in total. The predicted octanol–water partition coefficient (Wildman–Crippen LogP) is 2.40. The van der Waals surface area contributed by atoms with E-state index in [0.717, 1.165) is 11.3 Å². The smallest absolute Gasteiger partial charge is 0.0607 e. The Balaban J connectivity index is 2.40. The van der Waals surface area contributed by atoms with Crippen molar-refractivity contribution in [2.45, 2.75) is 19.9 Å². The summed E-state index contributed by atoms with van der Waals surface area (Å²) in [6.07, 6.45) is 5.65. The van der Waals surface area contributed by atoms with Crippen molar-refractivity contribution in [3.8, 4) is 0 Å². The molecule has 2 aromatic heterocycles. The quantitative estimate of drug-likeness (QED) is 0.875. The van der Waals surface area contributed by atoms with Crippen LogP contribution in [0.1, 0.15) is 28.4 Å². The van der Waals surface area contributed by atoms with Crippen LogP contribution in [-0.4, -0.2) is 17.0 Å². The first-order valence-corrected chi connectivity index (χ1v) is 5.72. The van der Waals surface area contributed by atoms with Crippen molar-refractivity contribution < 1.29 is 0 Å². The summed E-state index contributed by atoms with van der Waals surface area (Å²) in [6, 6.07) is 6.32. The van der Waals surface area contributed by atoms with Gasteiger partial charge in [0.05, 0.1) is 6.04 Å².